The second kappa shape index (κ2) is 6.79. The lowest BCUT2D eigenvalue weighted by molar-refractivity contribution is 0.224. The van der Waals surface area contributed by atoms with Crippen LogP contribution < -0.4 is 0 Å². The van der Waals surface area contributed by atoms with Gasteiger partial charge in [0.1, 0.15) is 0 Å². The lowest BCUT2D eigenvalue weighted by atomic mass is 10.9. The molecular weight excluding hydrogens is 242 g/mol. The smallest absolute Gasteiger partial charge is 0.324 e. The van der Waals surface area contributed by atoms with Crippen LogP contribution in [0, 0.1) is 5.90 Å². The molecule has 15 heavy (non-hydrogen) atoms. The maximum Gasteiger partial charge on any atom is 0.347 e. The molecule has 0 rings (SSSR count). The zero-order valence-corrected chi connectivity index (χ0v) is 10.9. The second-order valence-corrected chi connectivity index (χ2v) is 6.38. The van der Waals surface area contributed by atoms with Crippen molar-refractivity contribution in [1.82, 2.24) is 0 Å². The average Bonchev–Trinajstić information content (AvgIpc) is 2.02. The van der Waals surface area contributed by atoms with Gasteiger partial charge in [-0.3, -0.25) is 9.13 Å². The summed E-state index contributed by atoms with van der Waals surface area (Å²) in [4.78, 5) is 9.25. The lowest BCUT2D eigenvalue weighted by Gasteiger charge is -2.18. The minimum absolute atomic E-state index is 0.0442. The second-order valence-electron chi connectivity index (χ2n) is 2.47. The first-order valence-corrected chi connectivity index (χ1v) is 7.88. The van der Waals surface area contributed by atoms with Crippen molar-refractivity contribution in [3.63, 3.8) is 0 Å². The van der Waals surface area contributed by atoms with Gasteiger partial charge < -0.3 is 18.5 Å². The maximum absolute atomic E-state index is 11.8. The average molecular weight is 259 g/mol. The van der Waals surface area contributed by atoms with Gasteiger partial charge in [-0.15, -0.1) is 0 Å². The Balaban J connectivity index is 4.53. The molecular formula is C7H17O6P2. The highest BCUT2D eigenvalue weighted by Crippen LogP contribution is 2.65. The van der Waals surface area contributed by atoms with Gasteiger partial charge in [0.05, 0.1) is 19.8 Å². The molecule has 6 nitrogen and oxygen atoms in total. The molecule has 0 aromatic carbocycles. The molecule has 0 aromatic rings. The maximum atomic E-state index is 11.8. The minimum atomic E-state index is -4.01. The van der Waals surface area contributed by atoms with Crippen molar-refractivity contribution in [1.29, 1.82) is 0 Å². The molecule has 0 aliphatic rings. The highest BCUT2D eigenvalue weighted by molar-refractivity contribution is 7.74. The molecule has 0 heterocycles. The zero-order chi connectivity index (χ0) is 11.9. The Morgan fingerprint density at radius 3 is 1.73 bits per heavy atom. The van der Waals surface area contributed by atoms with Crippen molar-refractivity contribution in [2.24, 2.45) is 0 Å². The van der Waals surface area contributed by atoms with E-state index < -0.39 is 15.2 Å². The Morgan fingerprint density at radius 2 is 1.40 bits per heavy atom. The summed E-state index contributed by atoms with van der Waals surface area (Å²) in [6.07, 6.45) is 0. The van der Waals surface area contributed by atoms with E-state index in [-0.39, 0.29) is 19.8 Å². The third-order valence-corrected chi connectivity index (χ3v) is 5.38. The Morgan fingerprint density at radius 1 is 1.00 bits per heavy atom. The fourth-order valence-corrected chi connectivity index (χ4v) is 4.25. The first-order valence-electron chi connectivity index (χ1n) is 4.62. The highest BCUT2D eigenvalue weighted by atomic mass is 31.2. The van der Waals surface area contributed by atoms with Gasteiger partial charge in [0.2, 0.25) is 0 Å². The van der Waals surface area contributed by atoms with E-state index in [1.165, 1.54) is 0 Å². The van der Waals surface area contributed by atoms with Crippen LogP contribution in [0.5, 0.6) is 0 Å². The van der Waals surface area contributed by atoms with Crippen LogP contribution in [0.25, 0.3) is 0 Å². The molecule has 1 N–H and O–H groups in total. The zero-order valence-electron chi connectivity index (χ0n) is 9.08. The molecule has 0 aliphatic carbocycles. The molecule has 0 saturated carbocycles. The summed E-state index contributed by atoms with van der Waals surface area (Å²) in [6, 6.07) is 0. The molecule has 91 valence electrons. The van der Waals surface area contributed by atoms with Gasteiger partial charge in [0.15, 0.2) is 5.90 Å². The summed E-state index contributed by atoms with van der Waals surface area (Å²) in [6.45, 7) is 5.08. The van der Waals surface area contributed by atoms with Crippen LogP contribution in [0.4, 0.5) is 0 Å². The van der Waals surface area contributed by atoms with E-state index in [2.05, 4.69) is 4.52 Å². The Hall–Kier alpha value is 0.300. The SMILES string of the molecule is CCOP(=O)(O)[CH]P(=O)(OCC)OCC. The molecule has 1 radical (unpaired) electrons. The van der Waals surface area contributed by atoms with E-state index in [0.717, 1.165) is 0 Å². The van der Waals surface area contributed by atoms with Crippen molar-refractivity contribution in [3.8, 4) is 0 Å². The van der Waals surface area contributed by atoms with Gasteiger partial charge in [0, 0.05) is 0 Å². The largest absolute Gasteiger partial charge is 0.347 e. The third kappa shape index (κ3) is 6.46. The fourth-order valence-electron chi connectivity index (χ4n) is 0.861. The summed E-state index contributed by atoms with van der Waals surface area (Å²) < 4.78 is 37.3. The molecule has 0 aromatic heterocycles. The van der Waals surface area contributed by atoms with Crippen LogP contribution in [-0.4, -0.2) is 24.7 Å². The van der Waals surface area contributed by atoms with Crippen LogP contribution in [0.2, 0.25) is 0 Å². The van der Waals surface area contributed by atoms with E-state index in [9.17, 15) is 14.0 Å². The topological polar surface area (TPSA) is 82.1 Å². The predicted molar refractivity (Wildman–Crippen MR) is 56.6 cm³/mol. The number of hydrogen-bond donors (Lipinski definition) is 1. The highest BCUT2D eigenvalue weighted by Gasteiger charge is 2.36. The van der Waals surface area contributed by atoms with E-state index in [4.69, 9.17) is 9.05 Å². The van der Waals surface area contributed by atoms with E-state index in [1.54, 1.807) is 20.8 Å². The van der Waals surface area contributed by atoms with Crippen molar-refractivity contribution in [3.05, 3.63) is 5.90 Å². The van der Waals surface area contributed by atoms with Gasteiger partial charge in [-0.25, -0.2) is 0 Å². The molecule has 0 saturated heterocycles. The van der Waals surface area contributed by atoms with E-state index in [1.807, 2.05) is 0 Å². The predicted octanol–water partition coefficient (Wildman–Crippen LogP) is 2.59. The van der Waals surface area contributed by atoms with Crippen LogP contribution >= 0.6 is 15.2 Å². The molecule has 0 aliphatic heterocycles. The molecule has 0 bridgehead atoms. The van der Waals surface area contributed by atoms with Crippen LogP contribution in [-0.2, 0) is 22.7 Å². The molecule has 1 unspecified atom stereocenters. The van der Waals surface area contributed by atoms with Gasteiger partial charge in [-0.05, 0) is 20.8 Å². The Labute approximate surface area is 90.0 Å². The van der Waals surface area contributed by atoms with E-state index >= 15 is 0 Å². The Kier molecular flexibility index (Phi) is 6.93. The quantitative estimate of drug-likeness (QED) is 0.674. The summed E-state index contributed by atoms with van der Waals surface area (Å²) in [5.74, 6) is 0.635. The van der Waals surface area contributed by atoms with Crippen LogP contribution in [0.1, 0.15) is 20.8 Å². The first-order chi connectivity index (χ1) is 6.89. The molecule has 8 heteroatoms. The van der Waals surface area contributed by atoms with Crippen molar-refractivity contribution in [2.75, 3.05) is 19.8 Å². The van der Waals surface area contributed by atoms with Crippen molar-refractivity contribution >= 4 is 15.2 Å². The monoisotopic (exact) mass is 259 g/mol. The lowest BCUT2D eigenvalue weighted by Crippen LogP contribution is -1.98. The summed E-state index contributed by atoms with van der Waals surface area (Å²) in [7, 11) is -7.65. The van der Waals surface area contributed by atoms with Gasteiger partial charge in [-0.2, -0.15) is 0 Å². The van der Waals surface area contributed by atoms with Gasteiger partial charge in [0.25, 0.3) is 0 Å². The van der Waals surface area contributed by atoms with Gasteiger partial charge >= 0.3 is 15.2 Å². The first kappa shape index (κ1) is 15.3. The fraction of sp³-hybridized carbons (Fsp3) is 0.857. The number of rotatable bonds is 8. The van der Waals surface area contributed by atoms with E-state index in [0.29, 0.717) is 5.90 Å². The summed E-state index contributed by atoms with van der Waals surface area (Å²) in [5, 5.41) is 0. The van der Waals surface area contributed by atoms with Crippen LogP contribution in [0.3, 0.4) is 0 Å². The minimum Gasteiger partial charge on any atom is -0.324 e. The van der Waals surface area contributed by atoms with Crippen molar-refractivity contribution < 1.29 is 27.6 Å². The summed E-state index contributed by atoms with van der Waals surface area (Å²) >= 11 is 0. The Bertz CT molecular complexity index is 256. The molecule has 0 amide bonds. The van der Waals surface area contributed by atoms with Gasteiger partial charge in [-0.1, -0.05) is 0 Å². The molecule has 1 atom stereocenters. The molecule has 0 spiro atoms. The third-order valence-electron chi connectivity index (χ3n) is 1.22. The van der Waals surface area contributed by atoms with Crippen LogP contribution in [0.15, 0.2) is 0 Å². The standard InChI is InChI=1S/C7H17O6P2/c1-4-11-14(8,9)7-15(10,12-5-2)13-6-3/h7H,4-6H2,1-3H3,(H,8,9). The van der Waals surface area contributed by atoms with Crippen molar-refractivity contribution in [2.45, 2.75) is 20.8 Å². The number of hydrogen-bond acceptors (Lipinski definition) is 5. The molecule has 0 fully saturated rings. The summed E-state index contributed by atoms with van der Waals surface area (Å²) in [5.41, 5.74) is 0. The normalized spacial score (nSPS) is 16.3.